The van der Waals surface area contributed by atoms with Crippen molar-refractivity contribution < 1.29 is 29.3 Å². The molecule has 2 aromatic rings. The Bertz CT molecular complexity index is 768. The molecule has 27 heavy (non-hydrogen) atoms. The number of rotatable bonds is 10. The minimum absolute atomic E-state index is 0.0424. The quantitative estimate of drug-likeness (QED) is 0.369. The van der Waals surface area contributed by atoms with Gasteiger partial charge in [0, 0.05) is 13.1 Å². The Hall–Kier alpha value is -2.86. The molecule has 2 rings (SSSR count). The third-order valence-electron chi connectivity index (χ3n) is 3.69. The number of hydrogen-bond donors (Lipinski definition) is 2. The number of aliphatic hydroxyl groups is 2. The highest BCUT2D eigenvalue weighted by atomic mass is 16.6. The number of aliphatic hydroxyl groups excluding tert-OH is 2. The first-order valence-electron chi connectivity index (χ1n) is 8.16. The number of nitrogens with zero attached hydrogens (tertiary/aromatic N) is 6. The summed E-state index contributed by atoms with van der Waals surface area (Å²) in [6.07, 6.45) is 3.04. The number of carbonyl (C=O) groups excluding carboxylic acids is 2. The fourth-order valence-corrected chi connectivity index (χ4v) is 2.32. The summed E-state index contributed by atoms with van der Waals surface area (Å²) < 4.78 is 12.4. The van der Waals surface area contributed by atoms with Crippen LogP contribution in [0, 0.1) is 12.3 Å². The van der Waals surface area contributed by atoms with Crippen molar-refractivity contribution in [3.05, 3.63) is 23.8 Å². The van der Waals surface area contributed by atoms with Crippen LogP contribution in [0.2, 0.25) is 0 Å². The largest absolute Gasteiger partial charge is 0.462 e. The number of esters is 2. The van der Waals surface area contributed by atoms with Crippen molar-refractivity contribution in [2.45, 2.75) is 26.9 Å². The van der Waals surface area contributed by atoms with Gasteiger partial charge in [0.05, 0.1) is 43.6 Å². The molecule has 0 aromatic carbocycles. The lowest BCUT2D eigenvalue weighted by Crippen LogP contribution is -2.39. The molecule has 2 aromatic heterocycles. The highest BCUT2D eigenvalue weighted by Crippen LogP contribution is 2.21. The minimum Gasteiger partial charge on any atom is -0.462 e. The molecule has 0 atom stereocenters. The van der Waals surface area contributed by atoms with E-state index >= 15 is 0 Å². The minimum atomic E-state index is -0.982. The Labute approximate surface area is 154 Å². The molecule has 0 saturated carbocycles. The van der Waals surface area contributed by atoms with Gasteiger partial charge in [-0.15, -0.1) is 10.2 Å². The van der Waals surface area contributed by atoms with Crippen molar-refractivity contribution in [1.82, 2.24) is 30.0 Å². The van der Waals surface area contributed by atoms with E-state index in [1.54, 1.807) is 13.1 Å². The van der Waals surface area contributed by atoms with Gasteiger partial charge in [0.1, 0.15) is 13.2 Å². The SMILES string of the molecule is CC(=O)OCCOC(=O)c1cn(CC(CO)(CO)Cn2cc(C)nn2)nn1. The second-order valence-electron chi connectivity index (χ2n) is 6.15. The maximum absolute atomic E-state index is 11.9. The normalized spacial score (nSPS) is 11.4. The highest BCUT2D eigenvalue weighted by Gasteiger charge is 2.32. The van der Waals surface area contributed by atoms with Crippen molar-refractivity contribution in [2.24, 2.45) is 5.41 Å². The molecule has 0 fully saturated rings. The second-order valence-corrected chi connectivity index (χ2v) is 6.15. The molecule has 2 N–H and O–H groups in total. The van der Waals surface area contributed by atoms with E-state index in [1.165, 1.54) is 22.5 Å². The van der Waals surface area contributed by atoms with Crippen molar-refractivity contribution in [3.8, 4) is 0 Å². The Kier molecular flexibility index (Phi) is 6.96. The molecule has 0 aliphatic carbocycles. The molecule has 0 bridgehead atoms. The van der Waals surface area contributed by atoms with Crippen molar-refractivity contribution >= 4 is 11.9 Å². The predicted molar refractivity (Wildman–Crippen MR) is 88.3 cm³/mol. The summed E-state index contributed by atoms with van der Waals surface area (Å²) in [5, 5.41) is 34.9. The number of carbonyl (C=O) groups is 2. The van der Waals surface area contributed by atoms with Crippen LogP contribution in [0.15, 0.2) is 12.4 Å². The molecule has 0 saturated heterocycles. The lowest BCUT2D eigenvalue weighted by Gasteiger charge is -2.28. The number of ether oxygens (including phenoxy) is 2. The van der Waals surface area contributed by atoms with Crippen LogP contribution < -0.4 is 0 Å². The van der Waals surface area contributed by atoms with Crippen LogP contribution in [0.5, 0.6) is 0 Å². The Morgan fingerprint density at radius 3 is 2.19 bits per heavy atom. The summed E-state index contributed by atoms with van der Waals surface area (Å²) in [5.41, 5.74) is -0.317. The first-order chi connectivity index (χ1) is 12.9. The van der Waals surface area contributed by atoms with Gasteiger partial charge in [0.2, 0.25) is 0 Å². The fraction of sp³-hybridized carbons (Fsp3) is 0.600. The average molecular weight is 382 g/mol. The van der Waals surface area contributed by atoms with Gasteiger partial charge >= 0.3 is 11.9 Å². The molecule has 0 unspecified atom stereocenters. The first kappa shape index (κ1) is 20.5. The van der Waals surface area contributed by atoms with Crippen LogP contribution in [0.25, 0.3) is 0 Å². The molecule has 12 heteroatoms. The zero-order valence-corrected chi connectivity index (χ0v) is 15.1. The van der Waals surface area contributed by atoms with Gasteiger partial charge in [0.15, 0.2) is 5.69 Å². The van der Waals surface area contributed by atoms with Crippen LogP contribution in [0.1, 0.15) is 23.1 Å². The molecule has 0 radical (unpaired) electrons. The zero-order valence-electron chi connectivity index (χ0n) is 15.1. The van der Waals surface area contributed by atoms with Gasteiger partial charge in [-0.1, -0.05) is 10.4 Å². The zero-order chi connectivity index (χ0) is 19.9. The van der Waals surface area contributed by atoms with E-state index in [4.69, 9.17) is 4.74 Å². The maximum atomic E-state index is 11.9. The van der Waals surface area contributed by atoms with Gasteiger partial charge in [-0.2, -0.15) is 0 Å². The number of hydrogen-bond acceptors (Lipinski definition) is 10. The summed E-state index contributed by atoms with van der Waals surface area (Å²) in [4.78, 5) is 22.5. The number of aryl methyl sites for hydroxylation is 1. The van der Waals surface area contributed by atoms with E-state index in [9.17, 15) is 19.8 Å². The smallest absolute Gasteiger partial charge is 0.360 e. The maximum Gasteiger partial charge on any atom is 0.360 e. The highest BCUT2D eigenvalue weighted by molar-refractivity contribution is 5.86. The topological polar surface area (TPSA) is 154 Å². The average Bonchev–Trinajstić information content (AvgIpc) is 3.26. The summed E-state index contributed by atoms with van der Waals surface area (Å²) in [6, 6.07) is 0. The second kappa shape index (κ2) is 9.19. The molecule has 0 spiro atoms. The lowest BCUT2D eigenvalue weighted by molar-refractivity contribution is -0.142. The summed E-state index contributed by atoms with van der Waals surface area (Å²) in [5.74, 6) is -1.19. The van der Waals surface area contributed by atoms with E-state index in [0.717, 1.165) is 0 Å². The summed E-state index contributed by atoms with van der Waals surface area (Å²) >= 11 is 0. The van der Waals surface area contributed by atoms with Crippen molar-refractivity contribution in [2.75, 3.05) is 26.4 Å². The van der Waals surface area contributed by atoms with Gasteiger partial charge in [-0.3, -0.25) is 14.2 Å². The van der Waals surface area contributed by atoms with Crippen LogP contribution in [0.3, 0.4) is 0 Å². The van der Waals surface area contributed by atoms with Crippen LogP contribution in [-0.4, -0.2) is 78.6 Å². The van der Waals surface area contributed by atoms with Gasteiger partial charge < -0.3 is 19.7 Å². The van der Waals surface area contributed by atoms with E-state index < -0.39 is 17.4 Å². The molecule has 0 aliphatic heterocycles. The fourth-order valence-electron chi connectivity index (χ4n) is 2.32. The standard InChI is InChI=1S/C15H22N6O6/c1-11-5-20(18-16-11)7-15(9-22,10-23)8-21-6-13(17-19-21)14(25)27-4-3-26-12(2)24/h5-6,22-23H,3-4,7-10H2,1-2H3. The van der Waals surface area contributed by atoms with Crippen molar-refractivity contribution in [1.29, 1.82) is 0 Å². The lowest BCUT2D eigenvalue weighted by atomic mass is 9.90. The first-order valence-corrected chi connectivity index (χ1v) is 8.16. The summed E-state index contributed by atoms with van der Waals surface area (Å²) in [7, 11) is 0. The monoisotopic (exact) mass is 382 g/mol. The third kappa shape index (κ3) is 5.82. The molecule has 12 nitrogen and oxygen atoms in total. The number of aromatic nitrogens is 6. The van der Waals surface area contributed by atoms with E-state index in [1.807, 2.05) is 0 Å². The van der Waals surface area contributed by atoms with Gasteiger partial charge in [0.25, 0.3) is 0 Å². The Morgan fingerprint density at radius 2 is 1.63 bits per heavy atom. The molecule has 0 aliphatic rings. The van der Waals surface area contributed by atoms with E-state index in [-0.39, 0.29) is 45.2 Å². The Balaban J connectivity index is 1.98. The van der Waals surface area contributed by atoms with E-state index in [0.29, 0.717) is 5.69 Å². The Morgan fingerprint density at radius 1 is 1.04 bits per heavy atom. The molecule has 0 amide bonds. The third-order valence-corrected chi connectivity index (χ3v) is 3.69. The molecular weight excluding hydrogens is 360 g/mol. The van der Waals surface area contributed by atoms with Gasteiger partial charge in [-0.05, 0) is 6.92 Å². The predicted octanol–water partition coefficient (Wildman–Crippen LogP) is -1.43. The molecular formula is C15H22N6O6. The van der Waals surface area contributed by atoms with Crippen LogP contribution in [0.4, 0.5) is 0 Å². The molecule has 2 heterocycles. The van der Waals surface area contributed by atoms with E-state index in [2.05, 4.69) is 25.4 Å². The van der Waals surface area contributed by atoms with Crippen LogP contribution >= 0.6 is 0 Å². The van der Waals surface area contributed by atoms with Crippen molar-refractivity contribution in [3.63, 3.8) is 0 Å². The van der Waals surface area contributed by atoms with Gasteiger partial charge in [-0.25, -0.2) is 4.79 Å². The van der Waals surface area contributed by atoms with Crippen LogP contribution in [-0.2, 0) is 27.4 Å². The molecule has 148 valence electrons. The summed E-state index contributed by atoms with van der Waals surface area (Å²) in [6.45, 7) is 2.48.